The molecule has 0 radical (unpaired) electrons. The van der Waals surface area contributed by atoms with Crippen LogP contribution in [0.1, 0.15) is 11.1 Å². The zero-order valence-electron chi connectivity index (χ0n) is 15.2. The van der Waals surface area contributed by atoms with Crippen LogP contribution in [0.15, 0.2) is 41.3 Å². The van der Waals surface area contributed by atoms with Crippen molar-refractivity contribution in [3.63, 3.8) is 0 Å². The number of hydrogen-bond acceptors (Lipinski definition) is 5. The summed E-state index contributed by atoms with van der Waals surface area (Å²) in [6.07, 6.45) is 1.71. The molecule has 1 aliphatic heterocycles. The number of carbonyl (C=O) groups is 1. The summed E-state index contributed by atoms with van der Waals surface area (Å²) in [4.78, 5) is 14.1. The molecule has 1 amide bonds. The first-order chi connectivity index (χ1) is 13.4. The second-order valence-electron chi connectivity index (χ2n) is 6.02. The second kappa shape index (κ2) is 9.18. The van der Waals surface area contributed by atoms with E-state index in [1.165, 1.54) is 16.7 Å². The van der Waals surface area contributed by atoms with Gasteiger partial charge in [0.05, 0.1) is 15.0 Å². The highest BCUT2D eigenvalue weighted by molar-refractivity contribution is 8.26. The van der Waals surface area contributed by atoms with Gasteiger partial charge in [-0.15, -0.1) is 0 Å². The molecule has 0 aliphatic carbocycles. The maximum Gasteiger partial charge on any atom is 0.265 e. The van der Waals surface area contributed by atoms with E-state index in [9.17, 15) is 4.79 Å². The van der Waals surface area contributed by atoms with Crippen molar-refractivity contribution in [2.75, 3.05) is 20.3 Å². The van der Waals surface area contributed by atoms with Crippen molar-refractivity contribution in [1.29, 1.82) is 0 Å². The number of nitrogens with zero attached hydrogens (tertiary/aromatic N) is 1. The number of hydrogen-bond donors (Lipinski definition) is 0. The molecule has 0 N–H and O–H groups in total. The Morgan fingerprint density at radius 1 is 1.14 bits per heavy atom. The summed E-state index contributed by atoms with van der Waals surface area (Å²) in [7, 11) is 1.65. The van der Waals surface area contributed by atoms with E-state index in [0.717, 1.165) is 11.3 Å². The Hall–Kier alpha value is -1.73. The van der Waals surface area contributed by atoms with Gasteiger partial charge in [-0.25, -0.2) is 0 Å². The maximum absolute atomic E-state index is 12.1. The van der Waals surface area contributed by atoms with E-state index in [1.54, 1.807) is 25.3 Å². The molecule has 1 fully saturated rings. The zero-order chi connectivity index (χ0) is 20.3. The maximum atomic E-state index is 12.1. The van der Waals surface area contributed by atoms with E-state index in [4.69, 9.17) is 44.9 Å². The number of carbonyl (C=O) groups excluding carboxylic acids is 1. The largest absolute Gasteiger partial charge is 0.490 e. The van der Waals surface area contributed by atoms with Crippen LogP contribution in [0, 0.1) is 6.92 Å². The number of amides is 1. The van der Waals surface area contributed by atoms with Crippen LogP contribution in [-0.2, 0) is 4.79 Å². The van der Waals surface area contributed by atoms with Crippen molar-refractivity contribution in [2.24, 2.45) is 0 Å². The average Bonchev–Trinajstić information content (AvgIpc) is 2.88. The molecule has 8 heteroatoms. The van der Waals surface area contributed by atoms with Gasteiger partial charge in [0.15, 0.2) is 5.75 Å². The predicted octanol–water partition coefficient (Wildman–Crippen LogP) is 5.59. The van der Waals surface area contributed by atoms with Gasteiger partial charge in [-0.3, -0.25) is 9.69 Å². The molecule has 0 atom stereocenters. The van der Waals surface area contributed by atoms with Crippen molar-refractivity contribution >= 4 is 63.5 Å². The highest BCUT2D eigenvalue weighted by Crippen LogP contribution is 2.37. The number of benzene rings is 2. The third-order valence-electron chi connectivity index (χ3n) is 3.99. The van der Waals surface area contributed by atoms with Crippen molar-refractivity contribution in [1.82, 2.24) is 4.90 Å². The molecular formula is C20H17Cl2NO3S2. The van der Waals surface area contributed by atoms with Gasteiger partial charge in [-0.1, -0.05) is 65.4 Å². The molecule has 0 saturated carbocycles. The molecule has 2 aromatic rings. The summed E-state index contributed by atoms with van der Waals surface area (Å²) < 4.78 is 11.9. The third-order valence-corrected chi connectivity index (χ3v) is 6.03. The molecule has 0 unspecified atom stereocenters. The lowest BCUT2D eigenvalue weighted by Crippen LogP contribution is -2.22. The van der Waals surface area contributed by atoms with E-state index in [2.05, 4.69) is 0 Å². The average molecular weight is 454 g/mol. The lowest BCUT2D eigenvalue weighted by atomic mass is 10.2. The topological polar surface area (TPSA) is 38.8 Å². The monoisotopic (exact) mass is 453 g/mol. The normalized spacial score (nSPS) is 15.4. The van der Waals surface area contributed by atoms with Gasteiger partial charge < -0.3 is 9.47 Å². The van der Waals surface area contributed by atoms with Crippen molar-refractivity contribution in [2.45, 2.75) is 6.92 Å². The minimum Gasteiger partial charge on any atom is -0.490 e. The molecule has 0 bridgehead atoms. The summed E-state index contributed by atoms with van der Waals surface area (Å²) in [6.45, 7) is 2.63. The van der Waals surface area contributed by atoms with Crippen LogP contribution >= 0.6 is 47.2 Å². The van der Waals surface area contributed by atoms with Gasteiger partial charge in [-0.05, 0) is 42.3 Å². The highest BCUT2D eigenvalue weighted by atomic mass is 35.5. The summed E-state index contributed by atoms with van der Waals surface area (Å²) in [5.74, 6) is 1.06. The van der Waals surface area contributed by atoms with Crippen LogP contribution < -0.4 is 9.47 Å². The van der Waals surface area contributed by atoms with Crippen LogP contribution in [0.3, 0.4) is 0 Å². The van der Waals surface area contributed by atoms with E-state index < -0.39 is 0 Å². The van der Waals surface area contributed by atoms with Gasteiger partial charge >= 0.3 is 0 Å². The Kier molecular flexibility index (Phi) is 6.88. The fraction of sp³-hybridized carbons (Fsp3) is 0.200. The number of thiocarbonyl (C=S) groups is 1. The fourth-order valence-electron chi connectivity index (χ4n) is 2.51. The Balaban J connectivity index is 1.65. The molecule has 146 valence electrons. The number of ether oxygens (including phenoxy) is 2. The Bertz CT molecular complexity index is 939. The molecule has 1 saturated heterocycles. The zero-order valence-corrected chi connectivity index (χ0v) is 18.3. The van der Waals surface area contributed by atoms with E-state index in [1.807, 2.05) is 31.2 Å². The first-order valence-electron chi connectivity index (χ1n) is 8.38. The van der Waals surface area contributed by atoms with E-state index in [-0.39, 0.29) is 5.91 Å². The summed E-state index contributed by atoms with van der Waals surface area (Å²) in [5, 5.41) is 0.725. The summed E-state index contributed by atoms with van der Waals surface area (Å²) in [6, 6.07) is 11.2. The smallest absolute Gasteiger partial charge is 0.265 e. The van der Waals surface area contributed by atoms with Gasteiger partial charge in [0.25, 0.3) is 5.91 Å². The molecule has 3 rings (SSSR count). The van der Waals surface area contributed by atoms with Crippen molar-refractivity contribution in [3.8, 4) is 11.5 Å². The molecule has 0 spiro atoms. The number of halogens is 2. The fourth-order valence-corrected chi connectivity index (χ4v) is 4.30. The summed E-state index contributed by atoms with van der Waals surface area (Å²) >= 11 is 19.0. The quantitative estimate of drug-likeness (QED) is 0.323. The van der Waals surface area contributed by atoms with Crippen LogP contribution in [0.4, 0.5) is 0 Å². The molecular weight excluding hydrogens is 437 g/mol. The number of thioether (sulfide) groups is 1. The third kappa shape index (κ3) is 4.81. The van der Waals surface area contributed by atoms with Gasteiger partial charge in [0.1, 0.15) is 23.3 Å². The van der Waals surface area contributed by atoms with E-state index in [0.29, 0.717) is 43.8 Å². The van der Waals surface area contributed by atoms with Crippen molar-refractivity contribution < 1.29 is 14.3 Å². The highest BCUT2D eigenvalue weighted by Gasteiger charge is 2.28. The van der Waals surface area contributed by atoms with E-state index >= 15 is 0 Å². The molecule has 1 heterocycles. The van der Waals surface area contributed by atoms with Gasteiger partial charge in [-0.2, -0.15) is 0 Å². The number of rotatable bonds is 6. The second-order valence-corrected chi connectivity index (χ2v) is 8.51. The molecule has 0 aromatic heterocycles. The van der Waals surface area contributed by atoms with Crippen LogP contribution in [0.5, 0.6) is 11.5 Å². The Morgan fingerprint density at radius 3 is 2.39 bits per heavy atom. The predicted molar refractivity (Wildman–Crippen MR) is 120 cm³/mol. The van der Waals surface area contributed by atoms with Crippen LogP contribution in [0.2, 0.25) is 10.0 Å². The Labute approximate surface area is 183 Å². The number of likely N-dealkylation sites (N-methyl/N-ethyl adjacent to an activating group) is 1. The first-order valence-corrected chi connectivity index (χ1v) is 10.4. The lowest BCUT2D eigenvalue weighted by molar-refractivity contribution is -0.121. The summed E-state index contributed by atoms with van der Waals surface area (Å²) in [5.41, 5.74) is 1.76. The minimum atomic E-state index is -0.143. The number of para-hydroxylation sites is 1. The van der Waals surface area contributed by atoms with Crippen molar-refractivity contribution in [3.05, 3.63) is 62.5 Å². The molecule has 28 heavy (non-hydrogen) atoms. The molecule has 2 aromatic carbocycles. The minimum absolute atomic E-state index is 0.143. The SMILES string of the molecule is Cc1ccccc1OCCOc1c(Cl)cc(C=C2SC(=S)N(C)C2=O)cc1Cl. The van der Waals surface area contributed by atoms with Gasteiger partial charge in [0.2, 0.25) is 0 Å². The first kappa shape index (κ1) is 21.0. The van der Waals surface area contributed by atoms with Crippen LogP contribution in [0.25, 0.3) is 6.08 Å². The molecule has 1 aliphatic rings. The van der Waals surface area contributed by atoms with Crippen LogP contribution in [-0.4, -0.2) is 35.4 Å². The number of aryl methyl sites for hydroxylation is 1. The molecule has 4 nitrogen and oxygen atoms in total. The lowest BCUT2D eigenvalue weighted by Gasteiger charge is -2.13. The van der Waals surface area contributed by atoms with Gasteiger partial charge in [0, 0.05) is 7.05 Å². The Morgan fingerprint density at radius 2 is 1.79 bits per heavy atom. The standard InChI is InChI=1S/C20H17Cl2NO3S2/c1-12-5-3-4-6-16(12)25-7-8-26-18-14(21)9-13(10-15(18)22)11-17-19(24)23(2)20(27)28-17/h3-6,9-11H,7-8H2,1-2H3.